The number of unbranched alkanes of at least 4 members (excludes halogenated alkanes) is 11. The van der Waals surface area contributed by atoms with Crippen LogP contribution in [0.4, 0.5) is 0 Å². The van der Waals surface area contributed by atoms with Gasteiger partial charge in [0, 0.05) is 0 Å². The summed E-state index contributed by atoms with van der Waals surface area (Å²) < 4.78 is 1.94. The topological polar surface area (TPSA) is 43.6 Å². The highest BCUT2D eigenvalue weighted by molar-refractivity contribution is 4.78. The van der Waals surface area contributed by atoms with E-state index < -0.39 is 0 Å². The van der Waals surface area contributed by atoms with E-state index in [1.54, 1.807) is 6.33 Å². The van der Waals surface area contributed by atoms with Gasteiger partial charge in [-0.05, 0) is 30.2 Å². The summed E-state index contributed by atoms with van der Waals surface area (Å²) in [5.74, 6) is 0. The van der Waals surface area contributed by atoms with Gasteiger partial charge in [0.1, 0.15) is 6.33 Å². The Morgan fingerprint density at radius 1 is 0.783 bits per heavy atom. The molecule has 1 unspecified atom stereocenters. The number of tetrazole rings is 1. The monoisotopic (exact) mass is 322 g/mol. The second-order valence-corrected chi connectivity index (χ2v) is 7.24. The van der Waals surface area contributed by atoms with Crippen molar-refractivity contribution in [2.45, 2.75) is 116 Å². The van der Waals surface area contributed by atoms with E-state index in [0.717, 1.165) is 6.42 Å². The van der Waals surface area contributed by atoms with Gasteiger partial charge in [-0.25, -0.2) is 4.68 Å². The van der Waals surface area contributed by atoms with Crippen LogP contribution in [0.2, 0.25) is 0 Å². The summed E-state index contributed by atoms with van der Waals surface area (Å²) in [4.78, 5) is 0. The van der Waals surface area contributed by atoms with Crippen LogP contribution in [0.3, 0.4) is 0 Å². The molecule has 1 heterocycles. The van der Waals surface area contributed by atoms with E-state index in [1.165, 1.54) is 83.5 Å². The Labute approximate surface area is 143 Å². The molecule has 4 heteroatoms. The van der Waals surface area contributed by atoms with Crippen LogP contribution in [0, 0.1) is 0 Å². The second-order valence-electron chi connectivity index (χ2n) is 7.24. The Bertz CT molecular complexity index is 363. The number of aromatic nitrogens is 4. The third kappa shape index (κ3) is 8.47. The zero-order valence-electron chi connectivity index (χ0n) is 15.8. The number of hydrogen-bond acceptors (Lipinski definition) is 3. The van der Waals surface area contributed by atoms with E-state index in [1.807, 2.05) is 4.68 Å². The molecule has 1 rings (SSSR count). The number of rotatable bonds is 15. The molecule has 0 aliphatic rings. The van der Waals surface area contributed by atoms with E-state index in [-0.39, 0.29) is 5.54 Å². The lowest BCUT2D eigenvalue weighted by Crippen LogP contribution is -2.30. The average Bonchev–Trinajstić information content (AvgIpc) is 3.11. The molecule has 0 aromatic carbocycles. The molecule has 0 saturated heterocycles. The van der Waals surface area contributed by atoms with E-state index in [0.29, 0.717) is 0 Å². The molecule has 1 aromatic heterocycles. The summed E-state index contributed by atoms with van der Waals surface area (Å²) in [5.41, 5.74) is 0.0853. The van der Waals surface area contributed by atoms with Crippen molar-refractivity contribution < 1.29 is 0 Å². The van der Waals surface area contributed by atoms with Crippen molar-refractivity contribution >= 4 is 0 Å². The molecule has 0 spiro atoms. The molecular weight excluding hydrogens is 284 g/mol. The molecule has 0 bridgehead atoms. The Morgan fingerprint density at radius 2 is 1.30 bits per heavy atom. The maximum atomic E-state index is 4.09. The van der Waals surface area contributed by atoms with Crippen LogP contribution < -0.4 is 0 Å². The highest BCUT2D eigenvalue weighted by atomic mass is 15.5. The van der Waals surface area contributed by atoms with E-state index in [9.17, 15) is 0 Å². The Morgan fingerprint density at radius 3 is 1.74 bits per heavy atom. The van der Waals surface area contributed by atoms with Crippen LogP contribution in [0.15, 0.2) is 6.33 Å². The van der Waals surface area contributed by atoms with Gasteiger partial charge in [-0.3, -0.25) is 0 Å². The third-order valence-corrected chi connectivity index (χ3v) is 5.23. The molecule has 23 heavy (non-hydrogen) atoms. The normalized spacial score (nSPS) is 14.0. The third-order valence-electron chi connectivity index (χ3n) is 5.23. The first-order valence-corrected chi connectivity index (χ1v) is 9.96. The first kappa shape index (κ1) is 20.1. The fourth-order valence-electron chi connectivity index (χ4n) is 3.21. The van der Waals surface area contributed by atoms with E-state index in [2.05, 4.69) is 36.3 Å². The molecule has 134 valence electrons. The Balaban J connectivity index is 1.95. The summed E-state index contributed by atoms with van der Waals surface area (Å²) in [6.07, 6.45) is 20.8. The first-order chi connectivity index (χ1) is 11.2. The SMILES string of the molecule is CCCCCCCCCCCCCCC(C)(CC)n1cnnn1. The van der Waals surface area contributed by atoms with Crippen molar-refractivity contribution in [3.63, 3.8) is 0 Å². The fraction of sp³-hybridized carbons (Fsp3) is 0.947. The van der Waals surface area contributed by atoms with Crippen molar-refractivity contribution in [2.24, 2.45) is 0 Å². The lowest BCUT2D eigenvalue weighted by atomic mass is 9.91. The average molecular weight is 323 g/mol. The molecule has 0 fully saturated rings. The van der Waals surface area contributed by atoms with Gasteiger partial charge >= 0.3 is 0 Å². The van der Waals surface area contributed by atoms with Gasteiger partial charge in [0.05, 0.1) is 5.54 Å². The summed E-state index contributed by atoms with van der Waals surface area (Å²) in [7, 11) is 0. The minimum Gasteiger partial charge on any atom is -0.227 e. The molecule has 0 amide bonds. The zero-order valence-corrected chi connectivity index (χ0v) is 15.8. The van der Waals surface area contributed by atoms with Crippen molar-refractivity contribution in [3.05, 3.63) is 6.33 Å². The number of nitrogens with zero attached hydrogens (tertiary/aromatic N) is 4. The molecular formula is C19H38N4. The summed E-state index contributed by atoms with van der Waals surface area (Å²) in [6.45, 7) is 6.77. The van der Waals surface area contributed by atoms with E-state index >= 15 is 0 Å². The van der Waals surface area contributed by atoms with Gasteiger partial charge in [0.2, 0.25) is 0 Å². The van der Waals surface area contributed by atoms with Crippen molar-refractivity contribution in [2.75, 3.05) is 0 Å². The Kier molecular flexibility index (Phi) is 10.9. The highest BCUT2D eigenvalue weighted by Crippen LogP contribution is 2.26. The van der Waals surface area contributed by atoms with E-state index in [4.69, 9.17) is 0 Å². The largest absolute Gasteiger partial charge is 0.227 e. The van der Waals surface area contributed by atoms with Crippen LogP contribution >= 0.6 is 0 Å². The second kappa shape index (κ2) is 12.5. The standard InChI is InChI=1S/C19H38N4/c1-4-6-7-8-9-10-11-12-13-14-15-16-17-19(3,5-2)23-18-20-21-22-23/h18H,4-17H2,1-3H3. The zero-order chi connectivity index (χ0) is 16.8. The smallest absolute Gasteiger partial charge is 0.138 e. The van der Waals surface area contributed by atoms with Crippen molar-refractivity contribution in [1.82, 2.24) is 20.2 Å². The predicted octanol–water partition coefficient (Wildman–Crippen LogP) is 5.89. The van der Waals surface area contributed by atoms with Gasteiger partial charge < -0.3 is 0 Å². The van der Waals surface area contributed by atoms with Gasteiger partial charge in [-0.15, -0.1) is 5.10 Å². The van der Waals surface area contributed by atoms with Crippen LogP contribution in [0.1, 0.15) is 111 Å². The van der Waals surface area contributed by atoms with Crippen LogP contribution in [-0.4, -0.2) is 20.2 Å². The molecule has 0 aliphatic heterocycles. The maximum Gasteiger partial charge on any atom is 0.138 e. The molecule has 0 saturated carbocycles. The maximum absolute atomic E-state index is 4.09. The van der Waals surface area contributed by atoms with Crippen LogP contribution in [0.5, 0.6) is 0 Å². The van der Waals surface area contributed by atoms with Gasteiger partial charge in [0.25, 0.3) is 0 Å². The summed E-state index contributed by atoms with van der Waals surface area (Å²) >= 11 is 0. The molecule has 0 radical (unpaired) electrons. The van der Waals surface area contributed by atoms with Gasteiger partial charge in [-0.1, -0.05) is 90.9 Å². The molecule has 0 aliphatic carbocycles. The lowest BCUT2D eigenvalue weighted by molar-refractivity contribution is 0.239. The molecule has 4 nitrogen and oxygen atoms in total. The quantitative estimate of drug-likeness (QED) is 0.378. The molecule has 1 atom stereocenters. The van der Waals surface area contributed by atoms with Crippen LogP contribution in [-0.2, 0) is 5.54 Å². The summed E-state index contributed by atoms with van der Waals surface area (Å²) in [6, 6.07) is 0. The minimum absolute atomic E-state index is 0.0853. The first-order valence-electron chi connectivity index (χ1n) is 9.96. The molecule has 0 N–H and O–H groups in total. The van der Waals surface area contributed by atoms with Gasteiger partial charge in [-0.2, -0.15) is 0 Å². The lowest BCUT2D eigenvalue weighted by Gasteiger charge is -2.27. The molecule has 1 aromatic rings. The summed E-state index contributed by atoms with van der Waals surface area (Å²) in [5, 5.41) is 11.6. The number of hydrogen-bond donors (Lipinski definition) is 0. The fourth-order valence-corrected chi connectivity index (χ4v) is 3.21. The minimum atomic E-state index is 0.0853. The Hall–Kier alpha value is -0.930. The van der Waals surface area contributed by atoms with Gasteiger partial charge in [0.15, 0.2) is 0 Å². The highest BCUT2D eigenvalue weighted by Gasteiger charge is 2.24. The predicted molar refractivity (Wildman–Crippen MR) is 97.5 cm³/mol. The van der Waals surface area contributed by atoms with Crippen LogP contribution in [0.25, 0.3) is 0 Å². The van der Waals surface area contributed by atoms with Crippen molar-refractivity contribution in [1.29, 1.82) is 0 Å². The van der Waals surface area contributed by atoms with Crippen molar-refractivity contribution in [3.8, 4) is 0 Å².